The number of hydrogen-bond donors (Lipinski definition) is 0. The first kappa shape index (κ1) is 18.7. The van der Waals surface area contributed by atoms with Crippen molar-refractivity contribution < 1.29 is 4.79 Å². The topological polar surface area (TPSA) is 58.4 Å². The minimum atomic E-state index is -0.00173. The van der Waals surface area contributed by atoms with Crippen LogP contribution in [0, 0.1) is 6.92 Å². The van der Waals surface area contributed by atoms with Gasteiger partial charge in [-0.25, -0.2) is 4.68 Å². The average Bonchev–Trinajstić information content (AvgIpc) is 3.12. The summed E-state index contributed by atoms with van der Waals surface area (Å²) in [4.78, 5) is 31.1. The van der Waals surface area contributed by atoms with Crippen LogP contribution in [0.1, 0.15) is 25.8 Å². The van der Waals surface area contributed by atoms with Crippen molar-refractivity contribution in [2.75, 3.05) is 38.5 Å². The van der Waals surface area contributed by atoms with Gasteiger partial charge in [-0.05, 0) is 30.4 Å². The summed E-state index contributed by atoms with van der Waals surface area (Å²) in [7, 11) is 0. The lowest BCUT2D eigenvalue weighted by Crippen LogP contribution is -2.49. The minimum absolute atomic E-state index is 0.00173. The van der Waals surface area contributed by atoms with E-state index in [-0.39, 0.29) is 11.5 Å². The van der Waals surface area contributed by atoms with E-state index in [0.717, 1.165) is 66.8 Å². The highest BCUT2D eigenvalue weighted by molar-refractivity contribution is 7.98. The number of thiophene rings is 1. The van der Waals surface area contributed by atoms with Gasteiger partial charge in [0.1, 0.15) is 0 Å². The van der Waals surface area contributed by atoms with Crippen LogP contribution in [0.3, 0.4) is 0 Å². The molecule has 0 spiro atoms. The number of carbonyl (C=O) groups is 1. The third kappa shape index (κ3) is 4.28. The lowest BCUT2D eigenvalue weighted by molar-refractivity contribution is 0.0636. The van der Waals surface area contributed by atoms with Gasteiger partial charge >= 0.3 is 0 Å². The molecule has 0 N–H and O–H groups in total. The van der Waals surface area contributed by atoms with Crippen molar-refractivity contribution in [1.29, 1.82) is 0 Å². The molecule has 6 nitrogen and oxygen atoms in total. The molecule has 144 valence electrons. The van der Waals surface area contributed by atoms with Gasteiger partial charge in [-0.1, -0.05) is 0 Å². The predicted molar refractivity (Wildman–Crippen MR) is 110 cm³/mol. The highest BCUT2D eigenvalue weighted by atomic mass is 32.2. The molecule has 0 unspecified atom stereocenters. The molecule has 0 atom stereocenters. The summed E-state index contributed by atoms with van der Waals surface area (Å²) in [5, 5.41) is 4.58. The molecule has 2 aromatic rings. The van der Waals surface area contributed by atoms with Crippen molar-refractivity contribution in [2.24, 2.45) is 0 Å². The van der Waals surface area contributed by atoms with E-state index in [0.29, 0.717) is 6.54 Å². The Morgan fingerprint density at radius 1 is 1.19 bits per heavy atom. The van der Waals surface area contributed by atoms with Gasteiger partial charge in [0.2, 0.25) is 0 Å². The first-order valence-electron chi connectivity index (χ1n) is 9.36. The maximum atomic E-state index is 12.5. The van der Waals surface area contributed by atoms with Crippen molar-refractivity contribution >= 4 is 29.0 Å². The molecule has 0 bridgehead atoms. The molecule has 0 aliphatic carbocycles. The zero-order valence-corrected chi connectivity index (χ0v) is 17.2. The fourth-order valence-corrected chi connectivity index (χ4v) is 5.32. The number of thioether (sulfide) groups is 1. The Bertz CT molecular complexity index is 884. The Balaban J connectivity index is 1.31. The lowest BCUT2D eigenvalue weighted by atomic mass is 10.2. The Morgan fingerprint density at radius 2 is 2.00 bits per heavy atom. The molecule has 4 heterocycles. The predicted octanol–water partition coefficient (Wildman–Crippen LogP) is 1.86. The molecule has 8 heteroatoms. The summed E-state index contributed by atoms with van der Waals surface area (Å²) in [6, 6.07) is 5.67. The lowest BCUT2D eigenvalue weighted by Gasteiger charge is -2.34. The van der Waals surface area contributed by atoms with Gasteiger partial charge in [-0.15, -0.1) is 11.3 Å². The maximum absolute atomic E-state index is 12.5. The quantitative estimate of drug-likeness (QED) is 0.779. The van der Waals surface area contributed by atoms with E-state index in [2.05, 4.69) is 10.00 Å². The van der Waals surface area contributed by atoms with Crippen molar-refractivity contribution in [2.45, 2.75) is 25.6 Å². The molecule has 0 saturated carbocycles. The number of fused-ring (bicyclic) bond motifs is 1. The van der Waals surface area contributed by atoms with E-state index < -0.39 is 0 Å². The molecular weight excluding hydrogens is 380 g/mol. The smallest absolute Gasteiger partial charge is 0.267 e. The Morgan fingerprint density at radius 3 is 2.74 bits per heavy atom. The summed E-state index contributed by atoms with van der Waals surface area (Å²) in [5.41, 5.74) is 2.18. The summed E-state index contributed by atoms with van der Waals surface area (Å²) in [5.74, 6) is 2.12. The number of amides is 1. The first-order valence-corrected chi connectivity index (χ1v) is 11.3. The van der Waals surface area contributed by atoms with Gasteiger partial charge < -0.3 is 4.90 Å². The minimum Gasteiger partial charge on any atom is -0.335 e. The standard InChI is InChI=1S/C19H24N4O2S2/c1-14-2-3-17(27-14)19(25)22-8-5-21(6-9-22)7-10-23-18(24)12-15-13-26-11-4-16(15)20-23/h2-3,12H,4-11,13H2,1H3. The van der Waals surface area contributed by atoms with E-state index in [9.17, 15) is 9.59 Å². The van der Waals surface area contributed by atoms with Crippen molar-refractivity contribution in [1.82, 2.24) is 19.6 Å². The van der Waals surface area contributed by atoms with E-state index in [1.54, 1.807) is 22.1 Å². The molecule has 0 radical (unpaired) electrons. The average molecular weight is 405 g/mol. The second kappa shape index (κ2) is 8.16. The number of rotatable bonds is 4. The number of piperazine rings is 1. The fourth-order valence-electron chi connectivity index (χ4n) is 3.53. The largest absolute Gasteiger partial charge is 0.335 e. The summed E-state index contributed by atoms with van der Waals surface area (Å²) in [6.07, 6.45) is 0.948. The SMILES string of the molecule is Cc1ccc(C(=O)N2CCN(CCn3nc4c(cc3=O)CSCC4)CC2)s1. The second-order valence-corrected chi connectivity index (χ2v) is 9.42. The Kier molecular flexibility index (Phi) is 5.66. The summed E-state index contributed by atoms with van der Waals surface area (Å²) < 4.78 is 1.61. The molecule has 27 heavy (non-hydrogen) atoms. The number of nitrogens with zero attached hydrogens (tertiary/aromatic N) is 4. The van der Waals surface area contributed by atoms with Gasteiger partial charge in [0.25, 0.3) is 11.5 Å². The molecule has 2 aliphatic rings. The normalized spacial score (nSPS) is 17.7. The van der Waals surface area contributed by atoms with Crippen molar-refractivity contribution in [3.05, 3.63) is 49.6 Å². The van der Waals surface area contributed by atoms with Gasteiger partial charge in [0.15, 0.2) is 0 Å². The Labute approximate surface area is 167 Å². The number of carbonyl (C=O) groups excluding carboxylic acids is 1. The molecule has 2 aromatic heterocycles. The summed E-state index contributed by atoms with van der Waals surface area (Å²) >= 11 is 3.42. The van der Waals surface area contributed by atoms with Gasteiger partial charge in [-0.3, -0.25) is 14.5 Å². The first-order chi connectivity index (χ1) is 13.1. The van der Waals surface area contributed by atoms with Crippen molar-refractivity contribution in [3.8, 4) is 0 Å². The molecule has 2 aliphatic heterocycles. The van der Waals surface area contributed by atoms with E-state index in [4.69, 9.17) is 0 Å². The summed E-state index contributed by atoms with van der Waals surface area (Å²) in [6.45, 7) is 6.57. The van der Waals surface area contributed by atoms with Crippen LogP contribution in [0.25, 0.3) is 0 Å². The van der Waals surface area contributed by atoms with Gasteiger partial charge in [-0.2, -0.15) is 16.9 Å². The van der Waals surface area contributed by atoms with Crippen LogP contribution in [0.5, 0.6) is 0 Å². The van der Waals surface area contributed by atoms with Gasteiger partial charge in [0, 0.05) is 55.8 Å². The Hall–Kier alpha value is -1.64. The van der Waals surface area contributed by atoms with Crippen LogP contribution in [0.4, 0.5) is 0 Å². The van der Waals surface area contributed by atoms with E-state index in [1.807, 2.05) is 35.7 Å². The molecular formula is C19H24N4O2S2. The van der Waals surface area contributed by atoms with Gasteiger partial charge in [0.05, 0.1) is 17.1 Å². The van der Waals surface area contributed by atoms with Crippen LogP contribution in [0.2, 0.25) is 0 Å². The molecule has 1 saturated heterocycles. The highest BCUT2D eigenvalue weighted by Crippen LogP contribution is 2.21. The van der Waals surface area contributed by atoms with E-state index >= 15 is 0 Å². The van der Waals surface area contributed by atoms with Crippen LogP contribution in [-0.2, 0) is 18.7 Å². The third-order valence-electron chi connectivity index (χ3n) is 5.14. The fraction of sp³-hybridized carbons (Fsp3) is 0.526. The molecule has 1 amide bonds. The van der Waals surface area contributed by atoms with Crippen LogP contribution < -0.4 is 5.56 Å². The third-order valence-corrected chi connectivity index (χ3v) is 7.14. The zero-order valence-electron chi connectivity index (χ0n) is 15.5. The van der Waals surface area contributed by atoms with Crippen LogP contribution >= 0.6 is 23.1 Å². The highest BCUT2D eigenvalue weighted by Gasteiger charge is 2.23. The molecule has 0 aromatic carbocycles. The second-order valence-electron chi connectivity index (χ2n) is 7.02. The number of hydrogen-bond acceptors (Lipinski definition) is 6. The number of aryl methyl sites for hydroxylation is 2. The van der Waals surface area contributed by atoms with Crippen LogP contribution in [0.15, 0.2) is 23.0 Å². The molecule has 4 rings (SSSR count). The number of aromatic nitrogens is 2. The van der Waals surface area contributed by atoms with E-state index in [1.165, 1.54) is 4.88 Å². The monoisotopic (exact) mass is 404 g/mol. The molecule has 1 fully saturated rings. The van der Waals surface area contributed by atoms with Crippen LogP contribution in [-0.4, -0.2) is 64.0 Å². The zero-order chi connectivity index (χ0) is 18.8. The van der Waals surface area contributed by atoms with Crippen molar-refractivity contribution in [3.63, 3.8) is 0 Å². The maximum Gasteiger partial charge on any atom is 0.267 e.